The van der Waals surface area contributed by atoms with Crippen LogP contribution < -0.4 is 5.32 Å². The lowest BCUT2D eigenvalue weighted by molar-refractivity contribution is -0.119. The van der Waals surface area contributed by atoms with Crippen LogP contribution in [0.3, 0.4) is 0 Å². The zero-order chi connectivity index (χ0) is 16.4. The summed E-state index contributed by atoms with van der Waals surface area (Å²) in [5.74, 6) is 1.90. The normalized spacial score (nSPS) is 14.8. The first-order valence-corrected chi connectivity index (χ1v) is 8.02. The van der Waals surface area contributed by atoms with Crippen molar-refractivity contribution in [1.29, 1.82) is 0 Å². The fourth-order valence-corrected chi connectivity index (χ4v) is 2.96. The molecule has 0 radical (unpaired) electrons. The van der Waals surface area contributed by atoms with Crippen LogP contribution in [0, 0.1) is 5.92 Å². The summed E-state index contributed by atoms with van der Waals surface area (Å²) < 4.78 is 6.97. The number of hydrogen-bond donors (Lipinski definition) is 1. The third-order valence-corrected chi connectivity index (χ3v) is 4.23. The van der Waals surface area contributed by atoms with E-state index in [2.05, 4.69) is 20.4 Å². The summed E-state index contributed by atoms with van der Waals surface area (Å²) in [6.07, 6.45) is 8.98. The van der Waals surface area contributed by atoms with E-state index >= 15 is 0 Å². The highest BCUT2D eigenvalue weighted by Gasteiger charge is 2.23. The first kappa shape index (κ1) is 14.6. The summed E-state index contributed by atoms with van der Waals surface area (Å²) in [6.45, 7) is 0. The van der Waals surface area contributed by atoms with Crippen LogP contribution in [0.5, 0.6) is 0 Å². The van der Waals surface area contributed by atoms with E-state index in [1.807, 2.05) is 18.2 Å². The quantitative estimate of drug-likeness (QED) is 0.797. The molecule has 3 aromatic heterocycles. The second-order valence-electron chi connectivity index (χ2n) is 5.85. The first-order valence-electron chi connectivity index (χ1n) is 8.02. The average molecular weight is 323 g/mol. The fraction of sp³-hybridized carbons (Fsp3) is 0.294. The summed E-state index contributed by atoms with van der Waals surface area (Å²) in [6, 6.07) is 7.22. The molecule has 0 aliphatic heterocycles. The maximum absolute atomic E-state index is 12.2. The molecule has 4 rings (SSSR count). The maximum atomic E-state index is 12.2. The molecule has 1 aliphatic rings. The minimum Gasteiger partial charge on any atom is -0.463 e. The lowest BCUT2D eigenvalue weighted by atomic mass is 10.1. The molecule has 24 heavy (non-hydrogen) atoms. The van der Waals surface area contributed by atoms with Crippen molar-refractivity contribution in [2.24, 2.45) is 5.92 Å². The van der Waals surface area contributed by atoms with Crippen molar-refractivity contribution >= 4 is 11.7 Å². The number of furan rings is 1. The molecular weight excluding hydrogens is 306 g/mol. The molecule has 1 fully saturated rings. The predicted molar refractivity (Wildman–Crippen MR) is 87.4 cm³/mol. The van der Waals surface area contributed by atoms with Crippen LogP contribution in [0.4, 0.5) is 5.82 Å². The van der Waals surface area contributed by atoms with E-state index in [0.29, 0.717) is 17.4 Å². The Balaban J connectivity index is 1.53. The molecule has 0 atom stereocenters. The highest BCUT2D eigenvalue weighted by molar-refractivity contribution is 5.91. The van der Waals surface area contributed by atoms with Gasteiger partial charge in [0.05, 0.1) is 6.26 Å². The van der Waals surface area contributed by atoms with E-state index in [1.54, 1.807) is 23.2 Å². The zero-order valence-electron chi connectivity index (χ0n) is 13.1. The molecule has 1 amide bonds. The Morgan fingerprint density at radius 2 is 2.12 bits per heavy atom. The Kier molecular flexibility index (Phi) is 3.82. The van der Waals surface area contributed by atoms with Gasteiger partial charge in [-0.2, -0.15) is 5.10 Å². The Morgan fingerprint density at radius 1 is 1.25 bits per heavy atom. The summed E-state index contributed by atoms with van der Waals surface area (Å²) >= 11 is 0. The van der Waals surface area contributed by atoms with E-state index in [1.165, 1.54) is 6.33 Å². The van der Waals surface area contributed by atoms with Gasteiger partial charge in [0, 0.05) is 18.2 Å². The van der Waals surface area contributed by atoms with Crippen molar-refractivity contribution in [2.75, 3.05) is 5.32 Å². The minimum absolute atomic E-state index is 0.0360. The van der Waals surface area contributed by atoms with E-state index in [9.17, 15) is 4.79 Å². The van der Waals surface area contributed by atoms with Crippen molar-refractivity contribution in [2.45, 2.75) is 25.7 Å². The van der Waals surface area contributed by atoms with Gasteiger partial charge in [0.1, 0.15) is 17.8 Å². The highest BCUT2D eigenvalue weighted by atomic mass is 16.3. The molecule has 3 heterocycles. The number of hydrogen-bond acceptors (Lipinski definition) is 5. The lowest BCUT2D eigenvalue weighted by Gasteiger charge is -2.10. The van der Waals surface area contributed by atoms with Gasteiger partial charge in [-0.05, 0) is 31.0 Å². The molecule has 1 aliphatic carbocycles. The predicted octanol–water partition coefficient (Wildman–Crippen LogP) is 3.05. The topological polar surface area (TPSA) is 85.8 Å². The van der Waals surface area contributed by atoms with Crippen molar-refractivity contribution < 1.29 is 9.21 Å². The monoisotopic (exact) mass is 323 g/mol. The second kappa shape index (κ2) is 6.27. The van der Waals surface area contributed by atoms with Crippen LogP contribution in [0.25, 0.3) is 17.3 Å². The Bertz CT molecular complexity index is 834. The van der Waals surface area contributed by atoms with Crippen LogP contribution in [0.1, 0.15) is 25.7 Å². The molecule has 0 bridgehead atoms. The van der Waals surface area contributed by atoms with Gasteiger partial charge < -0.3 is 9.73 Å². The van der Waals surface area contributed by atoms with Gasteiger partial charge in [0.2, 0.25) is 5.91 Å². The second-order valence-corrected chi connectivity index (χ2v) is 5.85. The minimum atomic E-state index is 0.0360. The highest BCUT2D eigenvalue weighted by Crippen LogP contribution is 2.26. The van der Waals surface area contributed by atoms with Crippen molar-refractivity contribution in [1.82, 2.24) is 19.7 Å². The summed E-state index contributed by atoms with van der Waals surface area (Å²) in [7, 11) is 0. The maximum Gasteiger partial charge on any atom is 0.228 e. The molecule has 7 heteroatoms. The number of amides is 1. The standard InChI is InChI=1S/C17H17N5O2/c23-17(12-4-1-2-5-12)20-15-10-16(19-11-18-15)22-8-7-13(21-22)14-6-3-9-24-14/h3,6-12H,1-2,4-5H2,(H,18,19,20,23). The van der Waals surface area contributed by atoms with Crippen LogP contribution in [-0.2, 0) is 4.79 Å². The smallest absolute Gasteiger partial charge is 0.228 e. The number of carbonyl (C=O) groups is 1. The summed E-state index contributed by atoms with van der Waals surface area (Å²) in [5, 5.41) is 7.32. The van der Waals surface area contributed by atoms with Gasteiger partial charge in [-0.1, -0.05) is 12.8 Å². The number of anilines is 1. The Labute approximate surface area is 138 Å². The molecule has 3 aromatic rings. The Hall–Kier alpha value is -2.96. The van der Waals surface area contributed by atoms with Crippen LogP contribution in [0.15, 0.2) is 47.5 Å². The molecule has 1 saturated carbocycles. The molecule has 0 saturated heterocycles. The van der Waals surface area contributed by atoms with E-state index < -0.39 is 0 Å². The number of nitrogens with zero attached hydrogens (tertiary/aromatic N) is 4. The van der Waals surface area contributed by atoms with Crippen LogP contribution in [-0.4, -0.2) is 25.7 Å². The van der Waals surface area contributed by atoms with Crippen molar-refractivity contribution in [3.63, 3.8) is 0 Å². The third kappa shape index (κ3) is 2.92. The van der Waals surface area contributed by atoms with E-state index in [0.717, 1.165) is 31.4 Å². The third-order valence-electron chi connectivity index (χ3n) is 4.23. The Morgan fingerprint density at radius 3 is 2.92 bits per heavy atom. The molecular formula is C17H17N5O2. The molecule has 1 N–H and O–H groups in total. The first-order chi connectivity index (χ1) is 11.8. The number of aromatic nitrogens is 4. The average Bonchev–Trinajstić information content (AvgIpc) is 3.36. The lowest BCUT2D eigenvalue weighted by Crippen LogP contribution is -2.21. The van der Waals surface area contributed by atoms with Crippen LogP contribution >= 0.6 is 0 Å². The number of rotatable bonds is 4. The summed E-state index contributed by atoms with van der Waals surface area (Å²) in [4.78, 5) is 20.6. The molecule has 7 nitrogen and oxygen atoms in total. The van der Waals surface area contributed by atoms with Gasteiger partial charge in [-0.15, -0.1) is 0 Å². The van der Waals surface area contributed by atoms with Crippen LogP contribution in [0.2, 0.25) is 0 Å². The number of carbonyl (C=O) groups excluding carboxylic acids is 1. The van der Waals surface area contributed by atoms with E-state index in [4.69, 9.17) is 4.42 Å². The zero-order valence-corrected chi connectivity index (χ0v) is 13.1. The van der Waals surface area contributed by atoms with Crippen molar-refractivity contribution in [3.8, 4) is 17.3 Å². The molecule has 0 spiro atoms. The SMILES string of the molecule is O=C(Nc1cc(-n2ccc(-c3ccco3)n2)ncn1)C1CCCC1. The summed E-state index contributed by atoms with van der Waals surface area (Å²) in [5.41, 5.74) is 0.718. The number of nitrogens with one attached hydrogen (secondary N) is 1. The van der Waals surface area contributed by atoms with Gasteiger partial charge in [-0.25, -0.2) is 14.6 Å². The van der Waals surface area contributed by atoms with Gasteiger partial charge in [0.15, 0.2) is 11.6 Å². The van der Waals surface area contributed by atoms with Gasteiger partial charge in [0.25, 0.3) is 0 Å². The van der Waals surface area contributed by atoms with Gasteiger partial charge >= 0.3 is 0 Å². The molecule has 0 aromatic carbocycles. The fourth-order valence-electron chi connectivity index (χ4n) is 2.96. The van der Waals surface area contributed by atoms with Gasteiger partial charge in [-0.3, -0.25) is 4.79 Å². The molecule has 122 valence electrons. The largest absolute Gasteiger partial charge is 0.463 e. The molecule has 0 unspecified atom stereocenters. The van der Waals surface area contributed by atoms with Crippen molar-refractivity contribution in [3.05, 3.63) is 43.1 Å². The van der Waals surface area contributed by atoms with E-state index in [-0.39, 0.29) is 11.8 Å².